The van der Waals surface area contributed by atoms with Crippen LogP contribution in [-0.2, 0) is 23.1 Å². The van der Waals surface area contributed by atoms with Gasteiger partial charge in [0.25, 0.3) is 0 Å². The summed E-state index contributed by atoms with van der Waals surface area (Å²) in [5.74, 6) is 2.16. The van der Waals surface area contributed by atoms with Crippen molar-refractivity contribution in [3.05, 3.63) is 29.3 Å². The minimum absolute atomic E-state index is 0.580. The molecule has 0 radical (unpaired) electrons. The summed E-state index contributed by atoms with van der Waals surface area (Å²) in [6, 6.07) is 6.11. The Balaban J connectivity index is 2.81. The second-order valence-electron chi connectivity index (χ2n) is 4.21. The van der Waals surface area contributed by atoms with Crippen LogP contribution in [-0.4, -0.2) is 23.6 Å². The Morgan fingerprint density at radius 1 is 1.33 bits per heavy atom. The lowest BCUT2D eigenvalue weighted by Crippen LogP contribution is -2.12. The molecule has 0 heterocycles. The van der Waals surface area contributed by atoms with E-state index < -0.39 is 10.8 Å². The molecule has 0 fully saturated rings. The molecule has 1 rings (SSSR count). The lowest BCUT2D eigenvalue weighted by molar-refractivity contribution is 0.411. The summed E-state index contributed by atoms with van der Waals surface area (Å²) in [5, 5.41) is 3.29. The first-order chi connectivity index (χ1) is 8.71. The predicted octanol–water partition coefficient (Wildman–Crippen LogP) is 2.46. The van der Waals surface area contributed by atoms with Gasteiger partial charge in [0.1, 0.15) is 5.75 Å². The molecule has 18 heavy (non-hydrogen) atoms. The number of methoxy groups -OCH3 is 1. The third kappa shape index (κ3) is 4.78. The lowest BCUT2D eigenvalue weighted by atomic mass is 10.1. The van der Waals surface area contributed by atoms with Gasteiger partial charge in [-0.15, -0.1) is 0 Å². The van der Waals surface area contributed by atoms with Gasteiger partial charge >= 0.3 is 0 Å². The summed E-state index contributed by atoms with van der Waals surface area (Å²) in [4.78, 5) is 0. The average molecular weight is 269 g/mol. The summed E-state index contributed by atoms with van der Waals surface area (Å²) in [6.07, 6.45) is 0.950. The van der Waals surface area contributed by atoms with Crippen LogP contribution >= 0.6 is 0 Å². The van der Waals surface area contributed by atoms with Gasteiger partial charge in [-0.1, -0.05) is 19.9 Å². The van der Waals surface area contributed by atoms with E-state index in [9.17, 15) is 4.21 Å². The van der Waals surface area contributed by atoms with Crippen LogP contribution in [0.5, 0.6) is 5.75 Å². The van der Waals surface area contributed by atoms with Crippen LogP contribution in [0.1, 0.15) is 31.4 Å². The van der Waals surface area contributed by atoms with Crippen LogP contribution in [0.25, 0.3) is 0 Å². The van der Waals surface area contributed by atoms with Crippen molar-refractivity contribution in [3.63, 3.8) is 0 Å². The van der Waals surface area contributed by atoms with Gasteiger partial charge in [-0.05, 0) is 30.7 Å². The summed E-state index contributed by atoms with van der Waals surface area (Å²) in [5.41, 5.74) is 2.25. The molecule has 0 bridgehead atoms. The maximum absolute atomic E-state index is 11.8. The molecule has 0 aromatic heterocycles. The highest BCUT2D eigenvalue weighted by Gasteiger charge is 2.08. The highest BCUT2D eigenvalue weighted by Crippen LogP contribution is 2.21. The van der Waals surface area contributed by atoms with Gasteiger partial charge < -0.3 is 10.1 Å². The summed E-state index contributed by atoms with van der Waals surface area (Å²) >= 11 is 0. The largest absolute Gasteiger partial charge is 0.496 e. The van der Waals surface area contributed by atoms with Crippen LogP contribution in [0.2, 0.25) is 0 Å². The van der Waals surface area contributed by atoms with Crippen molar-refractivity contribution in [2.24, 2.45) is 0 Å². The summed E-state index contributed by atoms with van der Waals surface area (Å²) in [6.45, 7) is 5.93. The van der Waals surface area contributed by atoms with Gasteiger partial charge in [0, 0.05) is 28.7 Å². The molecular weight excluding hydrogens is 246 g/mol. The van der Waals surface area contributed by atoms with Crippen molar-refractivity contribution in [1.82, 2.24) is 5.32 Å². The van der Waals surface area contributed by atoms with E-state index in [0.29, 0.717) is 5.75 Å². The van der Waals surface area contributed by atoms with Crippen molar-refractivity contribution in [1.29, 1.82) is 0 Å². The Bertz CT molecular complexity index is 393. The first kappa shape index (κ1) is 15.2. The first-order valence-electron chi connectivity index (χ1n) is 6.42. The van der Waals surface area contributed by atoms with Gasteiger partial charge in [0.2, 0.25) is 0 Å². The molecule has 0 aliphatic rings. The number of rotatable bonds is 8. The molecule has 3 nitrogen and oxygen atoms in total. The molecule has 1 aromatic rings. The van der Waals surface area contributed by atoms with E-state index in [-0.39, 0.29) is 0 Å². The molecule has 1 aromatic carbocycles. The molecule has 1 atom stereocenters. The molecular formula is C14H23NO2S. The zero-order valence-electron chi connectivity index (χ0n) is 11.5. The van der Waals surface area contributed by atoms with E-state index in [0.717, 1.165) is 36.6 Å². The fourth-order valence-electron chi connectivity index (χ4n) is 1.80. The van der Waals surface area contributed by atoms with E-state index in [2.05, 4.69) is 25.2 Å². The number of hydrogen-bond donors (Lipinski definition) is 1. The van der Waals surface area contributed by atoms with E-state index in [1.807, 2.05) is 12.1 Å². The van der Waals surface area contributed by atoms with E-state index >= 15 is 0 Å². The SMILES string of the molecule is CCCS(=O)Cc1cc(CNCC)ccc1OC. The normalized spacial score (nSPS) is 12.4. The predicted molar refractivity (Wildman–Crippen MR) is 77.4 cm³/mol. The van der Waals surface area contributed by atoms with Crippen molar-refractivity contribution in [2.45, 2.75) is 32.6 Å². The van der Waals surface area contributed by atoms with E-state index in [1.165, 1.54) is 5.56 Å². The van der Waals surface area contributed by atoms with Crippen LogP contribution in [0.4, 0.5) is 0 Å². The van der Waals surface area contributed by atoms with Gasteiger partial charge in [-0.25, -0.2) is 0 Å². The van der Waals surface area contributed by atoms with Crippen molar-refractivity contribution in [3.8, 4) is 5.75 Å². The van der Waals surface area contributed by atoms with Crippen molar-refractivity contribution < 1.29 is 8.95 Å². The fraction of sp³-hybridized carbons (Fsp3) is 0.571. The molecule has 0 aliphatic heterocycles. The standard InChI is InChI=1S/C14H23NO2S/c1-4-8-18(16)11-13-9-12(10-15-5-2)6-7-14(13)17-3/h6-7,9,15H,4-5,8,10-11H2,1-3H3. The van der Waals surface area contributed by atoms with E-state index in [4.69, 9.17) is 4.74 Å². The second-order valence-corrected chi connectivity index (χ2v) is 5.79. The lowest BCUT2D eigenvalue weighted by Gasteiger charge is -2.11. The smallest absolute Gasteiger partial charge is 0.123 e. The topological polar surface area (TPSA) is 38.3 Å². The number of hydrogen-bond acceptors (Lipinski definition) is 3. The van der Waals surface area contributed by atoms with E-state index in [1.54, 1.807) is 7.11 Å². The number of ether oxygens (including phenoxy) is 1. The Morgan fingerprint density at radius 3 is 2.72 bits per heavy atom. The fourth-order valence-corrected chi connectivity index (χ4v) is 2.97. The highest BCUT2D eigenvalue weighted by atomic mass is 32.2. The van der Waals surface area contributed by atoms with Crippen LogP contribution in [0, 0.1) is 0 Å². The summed E-state index contributed by atoms with van der Waals surface area (Å²) in [7, 11) is 0.861. The Hall–Kier alpha value is -0.870. The first-order valence-corrected chi connectivity index (χ1v) is 7.91. The third-order valence-corrected chi connectivity index (χ3v) is 4.17. The molecule has 0 saturated heterocycles. The molecule has 4 heteroatoms. The molecule has 1 unspecified atom stereocenters. The second kappa shape index (κ2) is 8.27. The average Bonchev–Trinajstić information content (AvgIpc) is 2.37. The Morgan fingerprint density at radius 2 is 2.11 bits per heavy atom. The zero-order valence-corrected chi connectivity index (χ0v) is 12.3. The van der Waals surface area contributed by atoms with Crippen molar-refractivity contribution >= 4 is 10.8 Å². The monoisotopic (exact) mass is 269 g/mol. The molecule has 0 amide bonds. The molecule has 0 aliphatic carbocycles. The van der Waals surface area contributed by atoms with Gasteiger partial charge in [-0.2, -0.15) is 0 Å². The molecule has 0 spiro atoms. The van der Waals surface area contributed by atoms with Gasteiger partial charge in [0.15, 0.2) is 0 Å². The maximum atomic E-state index is 11.8. The highest BCUT2D eigenvalue weighted by molar-refractivity contribution is 7.84. The minimum Gasteiger partial charge on any atom is -0.496 e. The zero-order chi connectivity index (χ0) is 13.4. The molecule has 0 saturated carbocycles. The number of nitrogens with one attached hydrogen (secondary N) is 1. The number of benzene rings is 1. The van der Waals surface area contributed by atoms with Crippen LogP contribution < -0.4 is 10.1 Å². The van der Waals surface area contributed by atoms with Gasteiger partial charge in [-0.3, -0.25) is 4.21 Å². The third-order valence-electron chi connectivity index (χ3n) is 2.67. The van der Waals surface area contributed by atoms with Crippen LogP contribution in [0.15, 0.2) is 18.2 Å². The maximum Gasteiger partial charge on any atom is 0.123 e. The van der Waals surface area contributed by atoms with Crippen LogP contribution in [0.3, 0.4) is 0 Å². The Labute approximate surface area is 112 Å². The molecule has 102 valence electrons. The molecule has 1 N–H and O–H groups in total. The minimum atomic E-state index is -0.797. The Kier molecular flexibility index (Phi) is 6.98. The quantitative estimate of drug-likeness (QED) is 0.788. The summed E-state index contributed by atoms with van der Waals surface area (Å²) < 4.78 is 17.2. The van der Waals surface area contributed by atoms with Gasteiger partial charge in [0.05, 0.1) is 12.9 Å². The van der Waals surface area contributed by atoms with Crippen molar-refractivity contribution in [2.75, 3.05) is 19.4 Å².